The Bertz CT molecular complexity index is 927. The van der Waals surface area contributed by atoms with E-state index in [1.807, 2.05) is 0 Å². The average molecular weight is 538 g/mol. The predicted octanol–water partition coefficient (Wildman–Crippen LogP) is -1.08. The number of alkyl halides is 3. The van der Waals surface area contributed by atoms with Gasteiger partial charge in [-0.25, -0.2) is 0 Å². The molecule has 10 atom stereocenters. The Morgan fingerprint density at radius 2 is 1.65 bits per heavy atom. The van der Waals surface area contributed by atoms with Crippen molar-refractivity contribution in [3.63, 3.8) is 0 Å². The fourth-order valence-electron chi connectivity index (χ4n) is 5.45. The molecule has 0 radical (unpaired) electrons. The van der Waals surface area contributed by atoms with E-state index in [1.54, 1.807) is 21.0 Å². The molecule has 4 rings (SSSR count). The highest BCUT2D eigenvalue weighted by molar-refractivity contribution is 5.27. The van der Waals surface area contributed by atoms with E-state index >= 15 is 0 Å². The number of nitrogens with one attached hydrogen (secondary N) is 3. The first-order valence-electron chi connectivity index (χ1n) is 12.0. The van der Waals surface area contributed by atoms with E-state index in [9.17, 15) is 33.6 Å². The van der Waals surface area contributed by atoms with Crippen molar-refractivity contribution in [2.45, 2.75) is 86.5 Å². The predicted molar refractivity (Wildman–Crippen MR) is 121 cm³/mol. The third kappa shape index (κ3) is 5.45. The summed E-state index contributed by atoms with van der Waals surface area (Å²) in [5, 5.41) is 53.6. The second-order valence-corrected chi connectivity index (χ2v) is 9.80. The van der Waals surface area contributed by atoms with Gasteiger partial charge in [0.05, 0.1) is 24.3 Å². The van der Waals surface area contributed by atoms with Gasteiger partial charge in [0.1, 0.15) is 29.7 Å². The molecule has 7 N–H and O–H groups in total. The number of hydrogen-bond acceptors (Lipinski definition) is 11. The van der Waals surface area contributed by atoms with Gasteiger partial charge in [-0.05, 0) is 38.7 Å². The summed E-state index contributed by atoms with van der Waals surface area (Å²) in [6.07, 6.45) is -11.1. The van der Waals surface area contributed by atoms with E-state index < -0.39 is 66.6 Å². The van der Waals surface area contributed by atoms with Gasteiger partial charge in [0.25, 0.3) is 0 Å². The van der Waals surface area contributed by atoms with Crippen LogP contribution in [-0.4, -0.2) is 108 Å². The van der Waals surface area contributed by atoms with Gasteiger partial charge in [0, 0.05) is 19.5 Å². The van der Waals surface area contributed by atoms with Crippen molar-refractivity contribution in [1.82, 2.24) is 16.0 Å². The molecule has 210 valence electrons. The lowest BCUT2D eigenvalue weighted by Crippen LogP contribution is -2.81. The molecule has 2 saturated heterocycles. The van der Waals surface area contributed by atoms with Crippen molar-refractivity contribution in [3.8, 4) is 5.75 Å². The monoisotopic (exact) mass is 537 g/mol. The second kappa shape index (κ2) is 10.5. The fourth-order valence-corrected chi connectivity index (χ4v) is 5.45. The Morgan fingerprint density at radius 3 is 2.24 bits per heavy atom. The minimum Gasteiger partial charge on any atom is -0.406 e. The molecule has 0 spiro atoms. The minimum absolute atomic E-state index is 0.0411. The summed E-state index contributed by atoms with van der Waals surface area (Å²) in [5.74, 6) is -2.72. The molecular formula is C23H34F3N3O8. The normalized spacial score (nSPS) is 42.1. The number of hydrogen-bond donors (Lipinski definition) is 7. The largest absolute Gasteiger partial charge is 0.573 e. The number of benzene rings is 1. The Hall–Kier alpha value is -1.59. The first kappa shape index (κ1) is 28.4. The summed E-state index contributed by atoms with van der Waals surface area (Å²) in [4.78, 5) is 0. The summed E-state index contributed by atoms with van der Waals surface area (Å²) >= 11 is 0. The lowest BCUT2D eigenvalue weighted by atomic mass is 9.77. The molecule has 3 fully saturated rings. The zero-order valence-corrected chi connectivity index (χ0v) is 20.6. The van der Waals surface area contributed by atoms with Gasteiger partial charge in [-0.3, -0.25) is 0 Å². The van der Waals surface area contributed by atoms with Crippen LogP contribution >= 0.6 is 0 Å². The van der Waals surface area contributed by atoms with Crippen LogP contribution in [0.1, 0.15) is 18.9 Å². The maximum absolute atomic E-state index is 12.4. The first-order chi connectivity index (χ1) is 17.3. The van der Waals surface area contributed by atoms with E-state index in [1.165, 1.54) is 24.3 Å². The first-order valence-corrected chi connectivity index (χ1v) is 12.0. The highest BCUT2D eigenvalue weighted by atomic mass is 19.4. The third-order valence-electron chi connectivity index (χ3n) is 7.25. The molecule has 1 aromatic carbocycles. The quantitative estimate of drug-likeness (QED) is 0.227. The van der Waals surface area contributed by atoms with Crippen LogP contribution in [-0.2, 0) is 20.8 Å². The maximum Gasteiger partial charge on any atom is 0.573 e. The molecular weight excluding hydrogens is 503 g/mol. The van der Waals surface area contributed by atoms with Gasteiger partial charge in [0.2, 0.25) is 12.1 Å². The number of halogens is 3. The number of fused-ring (bicyclic) bond motifs is 2. The van der Waals surface area contributed by atoms with Gasteiger partial charge < -0.3 is 55.3 Å². The Kier molecular flexibility index (Phi) is 8.08. The topological polar surface area (TPSA) is 154 Å². The molecule has 11 nitrogen and oxygen atoms in total. The van der Waals surface area contributed by atoms with Crippen LogP contribution in [0.5, 0.6) is 5.75 Å². The fraction of sp³-hybridized carbons (Fsp3) is 0.739. The molecule has 1 aliphatic carbocycles. The standard InChI is InChI=1S/C23H34F3N3O8/c1-11-8-21(32,10-29-9-12-4-6-13(7-5-12)36-23(24,25)26)22(33)20(34-11)35-19-17(31)14(27-2)16(30)15(28-3)18(19)37-22/h4-7,11,14-20,27-33H,8-10H2,1-3H3/t11-,14-,15+,16+,17+,18-,19?,20+,21+,22-/m1/s1. The maximum atomic E-state index is 12.4. The molecule has 2 heterocycles. The van der Waals surface area contributed by atoms with Crippen LogP contribution in [0.15, 0.2) is 24.3 Å². The Morgan fingerprint density at radius 1 is 1.00 bits per heavy atom. The summed E-state index contributed by atoms with van der Waals surface area (Å²) in [6.45, 7) is 1.65. The van der Waals surface area contributed by atoms with Gasteiger partial charge in [0.15, 0.2) is 0 Å². The molecule has 3 aliphatic rings. The van der Waals surface area contributed by atoms with Crippen LogP contribution in [0.2, 0.25) is 0 Å². The molecule has 1 unspecified atom stereocenters. The van der Waals surface area contributed by atoms with Gasteiger partial charge in [-0.2, -0.15) is 0 Å². The number of likely N-dealkylation sites (N-methyl/N-ethyl adjacent to an activating group) is 2. The molecule has 1 saturated carbocycles. The van der Waals surface area contributed by atoms with Crippen LogP contribution in [0, 0.1) is 0 Å². The molecule has 37 heavy (non-hydrogen) atoms. The molecule has 2 aliphatic heterocycles. The number of aliphatic hydroxyl groups excluding tert-OH is 2. The minimum atomic E-state index is -4.79. The molecule has 0 aromatic heterocycles. The Labute approximate surface area is 211 Å². The van der Waals surface area contributed by atoms with Crippen LogP contribution in [0.25, 0.3) is 0 Å². The SMILES string of the molecule is CN[C@@H]1[C@H](O)[C@H](NC)[C@H]2O[C@]3(O)[C@H](OC2[C@H]1O)O[C@H](C)C[C@]3(O)CNCc1ccc(OC(F)(F)F)cc1. The van der Waals surface area contributed by atoms with E-state index in [4.69, 9.17) is 14.2 Å². The van der Waals surface area contributed by atoms with Crippen LogP contribution < -0.4 is 20.7 Å². The van der Waals surface area contributed by atoms with E-state index in [0.29, 0.717) is 5.56 Å². The summed E-state index contributed by atoms with van der Waals surface area (Å²) in [7, 11) is 3.18. The van der Waals surface area contributed by atoms with E-state index in [-0.39, 0.29) is 25.3 Å². The van der Waals surface area contributed by atoms with Crippen molar-refractivity contribution in [1.29, 1.82) is 0 Å². The zero-order chi connectivity index (χ0) is 27.2. The highest BCUT2D eigenvalue weighted by Gasteiger charge is 2.68. The average Bonchev–Trinajstić information content (AvgIpc) is 2.80. The van der Waals surface area contributed by atoms with Crippen LogP contribution in [0.3, 0.4) is 0 Å². The molecule has 0 bridgehead atoms. The second-order valence-electron chi connectivity index (χ2n) is 9.80. The number of ether oxygens (including phenoxy) is 4. The molecule has 14 heteroatoms. The van der Waals surface area contributed by atoms with Crippen molar-refractivity contribution in [3.05, 3.63) is 29.8 Å². The number of aliphatic hydroxyl groups is 4. The number of rotatable bonds is 7. The van der Waals surface area contributed by atoms with E-state index in [0.717, 1.165) is 0 Å². The zero-order valence-electron chi connectivity index (χ0n) is 20.6. The summed E-state index contributed by atoms with van der Waals surface area (Å²) in [6, 6.07) is 3.72. The van der Waals surface area contributed by atoms with Crippen LogP contribution in [0.4, 0.5) is 13.2 Å². The third-order valence-corrected chi connectivity index (χ3v) is 7.25. The van der Waals surface area contributed by atoms with Gasteiger partial charge in [-0.1, -0.05) is 12.1 Å². The van der Waals surface area contributed by atoms with Crippen molar-refractivity contribution >= 4 is 0 Å². The lowest BCUT2D eigenvalue weighted by molar-refractivity contribution is -0.482. The molecule has 0 amide bonds. The van der Waals surface area contributed by atoms with Gasteiger partial charge in [-0.15, -0.1) is 13.2 Å². The van der Waals surface area contributed by atoms with Crippen molar-refractivity contribution < 1.29 is 52.5 Å². The highest BCUT2D eigenvalue weighted by Crippen LogP contribution is 2.46. The lowest BCUT2D eigenvalue weighted by Gasteiger charge is -2.60. The summed E-state index contributed by atoms with van der Waals surface area (Å²) < 4.78 is 58.8. The van der Waals surface area contributed by atoms with Gasteiger partial charge >= 0.3 is 6.36 Å². The van der Waals surface area contributed by atoms with Crippen molar-refractivity contribution in [2.24, 2.45) is 0 Å². The van der Waals surface area contributed by atoms with Crippen molar-refractivity contribution in [2.75, 3.05) is 20.6 Å². The Balaban J connectivity index is 1.49. The van der Waals surface area contributed by atoms with E-state index in [2.05, 4.69) is 20.7 Å². The molecule has 1 aromatic rings. The smallest absolute Gasteiger partial charge is 0.406 e. The summed E-state index contributed by atoms with van der Waals surface area (Å²) in [5.41, 5.74) is -1.32.